The summed E-state index contributed by atoms with van der Waals surface area (Å²) in [5.41, 5.74) is 0. The van der Waals surface area contributed by atoms with E-state index in [1.165, 1.54) is 0 Å². The van der Waals surface area contributed by atoms with Crippen molar-refractivity contribution in [1.29, 1.82) is 0 Å². The van der Waals surface area contributed by atoms with Gasteiger partial charge in [0.05, 0.1) is 19.3 Å². The standard InChI is InChI=1S/C10H19FN2O.H2/c1-2-12-10-3-4-13(5-9(10)11)8-6-14-7-8;/h8-10,12H,2-7H2,1H3;1H. The lowest BCUT2D eigenvalue weighted by Crippen LogP contribution is -2.58. The third-order valence-electron chi connectivity index (χ3n) is 3.18. The first kappa shape index (κ1) is 10.3. The van der Waals surface area contributed by atoms with Gasteiger partial charge in [-0.2, -0.15) is 0 Å². The maximum Gasteiger partial charge on any atom is 0.128 e. The molecular weight excluding hydrogens is 183 g/mol. The third kappa shape index (κ3) is 2.07. The summed E-state index contributed by atoms with van der Waals surface area (Å²) in [4.78, 5) is 2.22. The molecule has 2 fully saturated rings. The van der Waals surface area contributed by atoms with Gasteiger partial charge in [0, 0.05) is 20.6 Å². The van der Waals surface area contributed by atoms with E-state index in [0.29, 0.717) is 12.6 Å². The Morgan fingerprint density at radius 1 is 1.57 bits per heavy atom. The summed E-state index contributed by atoms with van der Waals surface area (Å²) in [6.07, 6.45) is 0.204. The predicted octanol–water partition coefficient (Wildman–Crippen LogP) is 0.653. The average molecular weight is 204 g/mol. The number of nitrogens with one attached hydrogen (secondary N) is 1. The number of hydrogen-bond acceptors (Lipinski definition) is 3. The van der Waals surface area contributed by atoms with Crippen molar-refractivity contribution >= 4 is 0 Å². The Labute approximate surface area is 86.1 Å². The Balaban J connectivity index is 0.00000112. The fourth-order valence-electron chi connectivity index (χ4n) is 2.19. The molecule has 2 rings (SSSR count). The molecule has 1 N–H and O–H groups in total. The SMILES string of the molecule is CCNC1CCN(C2COC2)CC1F.[HH]. The van der Waals surface area contributed by atoms with Gasteiger partial charge in [-0.05, 0) is 13.0 Å². The highest BCUT2D eigenvalue weighted by atomic mass is 19.1. The molecule has 0 spiro atoms. The van der Waals surface area contributed by atoms with Crippen molar-refractivity contribution in [3.63, 3.8) is 0 Å². The Hall–Kier alpha value is -0.190. The van der Waals surface area contributed by atoms with Crippen LogP contribution in [0.5, 0.6) is 0 Å². The molecule has 0 aromatic heterocycles. The number of hydrogen-bond donors (Lipinski definition) is 1. The summed E-state index contributed by atoms with van der Waals surface area (Å²) in [6.45, 7) is 6.05. The van der Waals surface area contributed by atoms with Gasteiger partial charge in [0.1, 0.15) is 6.17 Å². The van der Waals surface area contributed by atoms with Gasteiger partial charge in [0.2, 0.25) is 0 Å². The highest BCUT2D eigenvalue weighted by Crippen LogP contribution is 2.19. The van der Waals surface area contributed by atoms with E-state index in [4.69, 9.17) is 4.74 Å². The van der Waals surface area contributed by atoms with Crippen molar-refractivity contribution in [3.05, 3.63) is 0 Å². The van der Waals surface area contributed by atoms with Crippen LogP contribution in [0, 0.1) is 0 Å². The average Bonchev–Trinajstić information content (AvgIpc) is 2.07. The largest absolute Gasteiger partial charge is 0.378 e. The lowest BCUT2D eigenvalue weighted by atomic mass is 10.0. The molecule has 2 aliphatic heterocycles. The van der Waals surface area contributed by atoms with Crippen molar-refractivity contribution in [2.75, 3.05) is 32.8 Å². The van der Waals surface area contributed by atoms with E-state index < -0.39 is 6.17 Å². The van der Waals surface area contributed by atoms with Crippen LogP contribution in [0.2, 0.25) is 0 Å². The first-order chi connectivity index (χ1) is 6.81. The first-order valence-corrected chi connectivity index (χ1v) is 5.50. The van der Waals surface area contributed by atoms with Crippen LogP contribution in [-0.2, 0) is 4.74 Å². The lowest BCUT2D eigenvalue weighted by molar-refractivity contribution is -0.0817. The van der Waals surface area contributed by atoms with Crippen LogP contribution in [0.15, 0.2) is 0 Å². The summed E-state index contributed by atoms with van der Waals surface area (Å²) in [5.74, 6) is 0. The molecule has 4 heteroatoms. The lowest BCUT2D eigenvalue weighted by Gasteiger charge is -2.42. The van der Waals surface area contributed by atoms with Crippen LogP contribution in [0.4, 0.5) is 4.39 Å². The van der Waals surface area contributed by atoms with Crippen LogP contribution >= 0.6 is 0 Å². The van der Waals surface area contributed by atoms with Crippen LogP contribution < -0.4 is 5.32 Å². The molecule has 0 aliphatic carbocycles. The van der Waals surface area contributed by atoms with Crippen LogP contribution in [0.1, 0.15) is 14.8 Å². The molecule has 0 saturated carbocycles. The second kappa shape index (κ2) is 4.55. The molecule has 3 nitrogen and oxygen atoms in total. The van der Waals surface area contributed by atoms with Gasteiger partial charge in [0.25, 0.3) is 0 Å². The third-order valence-corrected chi connectivity index (χ3v) is 3.18. The van der Waals surface area contributed by atoms with E-state index in [0.717, 1.165) is 32.7 Å². The van der Waals surface area contributed by atoms with E-state index in [9.17, 15) is 4.39 Å². The molecule has 14 heavy (non-hydrogen) atoms. The van der Waals surface area contributed by atoms with Gasteiger partial charge >= 0.3 is 0 Å². The molecule has 0 aromatic rings. The van der Waals surface area contributed by atoms with Gasteiger partial charge in [-0.3, -0.25) is 4.90 Å². The number of piperidine rings is 1. The molecule has 0 bridgehead atoms. The number of ether oxygens (including phenoxy) is 1. The van der Waals surface area contributed by atoms with Gasteiger partial charge in [-0.25, -0.2) is 4.39 Å². The number of rotatable bonds is 3. The van der Waals surface area contributed by atoms with E-state index in [1.54, 1.807) is 0 Å². The molecule has 2 heterocycles. The smallest absolute Gasteiger partial charge is 0.128 e. The van der Waals surface area contributed by atoms with Gasteiger partial charge in [-0.1, -0.05) is 6.92 Å². The van der Waals surface area contributed by atoms with Crippen molar-refractivity contribution < 1.29 is 10.6 Å². The summed E-state index contributed by atoms with van der Waals surface area (Å²) < 4.78 is 18.8. The number of halogens is 1. The molecule has 2 saturated heterocycles. The van der Waals surface area contributed by atoms with Gasteiger partial charge in [-0.15, -0.1) is 0 Å². The second-order valence-electron chi connectivity index (χ2n) is 4.16. The minimum Gasteiger partial charge on any atom is -0.378 e. The fraction of sp³-hybridized carbons (Fsp3) is 1.00. The maximum absolute atomic E-state index is 13.7. The zero-order chi connectivity index (χ0) is 9.97. The van der Waals surface area contributed by atoms with Crippen LogP contribution in [0.3, 0.4) is 0 Å². The van der Waals surface area contributed by atoms with E-state index in [2.05, 4.69) is 10.2 Å². The predicted molar refractivity (Wildman–Crippen MR) is 55.3 cm³/mol. The molecule has 0 radical (unpaired) electrons. The molecule has 0 aromatic carbocycles. The Morgan fingerprint density at radius 3 is 2.86 bits per heavy atom. The Kier molecular flexibility index (Phi) is 3.36. The first-order valence-electron chi connectivity index (χ1n) is 5.50. The second-order valence-corrected chi connectivity index (χ2v) is 4.16. The quantitative estimate of drug-likeness (QED) is 0.730. The van der Waals surface area contributed by atoms with Crippen molar-refractivity contribution in [1.82, 2.24) is 10.2 Å². The topological polar surface area (TPSA) is 24.5 Å². The van der Waals surface area contributed by atoms with Crippen LogP contribution in [0.25, 0.3) is 0 Å². The molecule has 84 valence electrons. The summed E-state index contributed by atoms with van der Waals surface area (Å²) in [6, 6.07) is 0.549. The summed E-state index contributed by atoms with van der Waals surface area (Å²) >= 11 is 0. The highest BCUT2D eigenvalue weighted by Gasteiger charge is 2.34. The highest BCUT2D eigenvalue weighted by molar-refractivity contribution is 4.89. The van der Waals surface area contributed by atoms with E-state index in [-0.39, 0.29) is 7.47 Å². The summed E-state index contributed by atoms with van der Waals surface area (Å²) in [7, 11) is 0. The molecule has 2 atom stereocenters. The normalized spacial score (nSPS) is 35.6. The zero-order valence-electron chi connectivity index (χ0n) is 8.71. The molecular formula is C10H21FN2O. The monoisotopic (exact) mass is 204 g/mol. The minimum absolute atomic E-state index is 0. The fourth-order valence-corrected chi connectivity index (χ4v) is 2.19. The summed E-state index contributed by atoms with van der Waals surface area (Å²) in [5, 5.41) is 3.20. The Morgan fingerprint density at radius 2 is 2.36 bits per heavy atom. The maximum atomic E-state index is 13.7. The zero-order valence-corrected chi connectivity index (χ0v) is 8.71. The van der Waals surface area contributed by atoms with Gasteiger partial charge in [0.15, 0.2) is 0 Å². The number of likely N-dealkylation sites (tertiary alicyclic amines) is 1. The van der Waals surface area contributed by atoms with Crippen LogP contribution in [-0.4, -0.2) is 56.0 Å². The molecule has 2 aliphatic rings. The van der Waals surface area contributed by atoms with Crippen molar-refractivity contribution in [2.24, 2.45) is 0 Å². The Bertz CT molecular complexity index is 192. The van der Waals surface area contributed by atoms with E-state index in [1.807, 2.05) is 6.92 Å². The van der Waals surface area contributed by atoms with E-state index >= 15 is 0 Å². The van der Waals surface area contributed by atoms with Gasteiger partial charge < -0.3 is 10.1 Å². The molecule has 2 unspecified atom stereocenters. The minimum atomic E-state index is -0.718. The van der Waals surface area contributed by atoms with Crippen molar-refractivity contribution in [2.45, 2.75) is 31.6 Å². The number of alkyl halides is 1. The number of nitrogens with zero attached hydrogens (tertiary/aromatic N) is 1. The molecule has 0 amide bonds. The van der Waals surface area contributed by atoms with Crippen molar-refractivity contribution in [3.8, 4) is 0 Å².